The number of nitrogens with one attached hydrogen (secondary N) is 2. The maximum Gasteiger partial charge on any atom is 0.337 e. The van der Waals surface area contributed by atoms with Crippen LogP contribution in [0.15, 0.2) is 53.7 Å². The van der Waals surface area contributed by atoms with Crippen LogP contribution in [0.4, 0.5) is 11.4 Å². The van der Waals surface area contributed by atoms with Crippen LogP contribution in [0.5, 0.6) is 0 Å². The van der Waals surface area contributed by atoms with E-state index in [2.05, 4.69) is 30.9 Å². The zero-order chi connectivity index (χ0) is 22.2. The van der Waals surface area contributed by atoms with Gasteiger partial charge in [-0.1, -0.05) is 24.8 Å². The molecule has 0 atom stereocenters. The van der Waals surface area contributed by atoms with Crippen LogP contribution in [0.2, 0.25) is 0 Å². The number of anilines is 2. The average molecular weight is 440 g/mol. The lowest BCUT2D eigenvalue weighted by atomic mass is 10.2. The summed E-state index contributed by atoms with van der Waals surface area (Å²) in [5.74, 6) is -0.718. The summed E-state index contributed by atoms with van der Waals surface area (Å²) < 4.78 is 6.15. The number of nitrogens with zero attached hydrogens (tertiary/aromatic N) is 4. The molecule has 2 aromatic carbocycles. The first kappa shape index (κ1) is 22.0. The molecular weight excluding hydrogens is 420 g/mol. The Morgan fingerprint density at radius 1 is 1.03 bits per heavy atom. The molecule has 0 saturated heterocycles. The Kier molecular flexibility index (Phi) is 7.33. The highest BCUT2D eigenvalue weighted by Crippen LogP contribution is 2.20. The predicted octanol–water partition coefficient (Wildman–Crippen LogP) is 2.53. The van der Waals surface area contributed by atoms with Crippen molar-refractivity contribution < 1.29 is 19.1 Å². The summed E-state index contributed by atoms with van der Waals surface area (Å²) in [5, 5.41) is 17.5. The van der Waals surface area contributed by atoms with Gasteiger partial charge in [-0.2, -0.15) is 4.68 Å². The van der Waals surface area contributed by atoms with Gasteiger partial charge in [0.1, 0.15) is 0 Å². The maximum atomic E-state index is 12.3. The molecule has 0 bridgehead atoms. The van der Waals surface area contributed by atoms with Crippen molar-refractivity contribution in [2.45, 2.75) is 18.5 Å². The van der Waals surface area contributed by atoms with Crippen LogP contribution in [-0.2, 0) is 14.3 Å². The molecule has 1 heterocycles. The number of benzene rings is 2. The molecule has 0 aliphatic heterocycles. The Bertz CT molecular complexity index is 1080. The van der Waals surface area contributed by atoms with Crippen molar-refractivity contribution in [2.24, 2.45) is 0 Å². The molecule has 3 aromatic rings. The number of methoxy groups -OCH3 is 1. The summed E-state index contributed by atoms with van der Waals surface area (Å²) in [6.07, 6.45) is 0.368. The summed E-state index contributed by atoms with van der Waals surface area (Å²) in [6, 6.07) is 13.5. The van der Waals surface area contributed by atoms with Crippen LogP contribution in [0.25, 0.3) is 5.69 Å². The number of carbonyl (C=O) groups is 3. The van der Waals surface area contributed by atoms with Gasteiger partial charge in [0.25, 0.3) is 0 Å². The highest BCUT2D eigenvalue weighted by Gasteiger charge is 2.13. The summed E-state index contributed by atoms with van der Waals surface area (Å²) in [7, 11) is 1.31. The molecule has 11 heteroatoms. The smallest absolute Gasteiger partial charge is 0.337 e. The van der Waals surface area contributed by atoms with E-state index in [1.54, 1.807) is 55.5 Å². The zero-order valence-corrected chi connectivity index (χ0v) is 17.7. The van der Waals surface area contributed by atoms with Crippen LogP contribution >= 0.6 is 11.8 Å². The molecular formula is C20H20N6O4S. The lowest BCUT2D eigenvalue weighted by molar-refractivity contribution is -0.116. The largest absolute Gasteiger partial charge is 0.465 e. The number of tetrazole rings is 1. The molecule has 31 heavy (non-hydrogen) atoms. The van der Waals surface area contributed by atoms with E-state index in [-0.39, 0.29) is 17.6 Å². The predicted molar refractivity (Wildman–Crippen MR) is 115 cm³/mol. The minimum atomic E-state index is -0.437. The molecule has 0 saturated carbocycles. The molecule has 0 aliphatic rings. The fourth-order valence-electron chi connectivity index (χ4n) is 2.54. The number of rotatable bonds is 8. The van der Waals surface area contributed by atoms with Gasteiger partial charge in [0.2, 0.25) is 17.0 Å². The van der Waals surface area contributed by atoms with Gasteiger partial charge in [-0.05, 0) is 52.9 Å². The number of aromatic nitrogens is 4. The van der Waals surface area contributed by atoms with Gasteiger partial charge in [-0.25, -0.2) is 4.79 Å². The minimum absolute atomic E-state index is 0.0756. The van der Waals surface area contributed by atoms with Crippen molar-refractivity contribution in [2.75, 3.05) is 23.5 Å². The normalized spacial score (nSPS) is 10.4. The van der Waals surface area contributed by atoms with Gasteiger partial charge in [-0.3, -0.25) is 9.59 Å². The molecule has 0 fully saturated rings. The lowest BCUT2D eigenvalue weighted by Gasteiger charge is -2.08. The van der Waals surface area contributed by atoms with E-state index in [0.717, 1.165) is 11.8 Å². The van der Waals surface area contributed by atoms with Crippen molar-refractivity contribution >= 4 is 40.9 Å². The third kappa shape index (κ3) is 5.89. The number of esters is 1. The van der Waals surface area contributed by atoms with Crippen LogP contribution in [0, 0.1) is 0 Å². The van der Waals surface area contributed by atoms with Gasteiger partial charge in [0.15, 0.2) is 0 Å². The highest BCUT2D eigenvalue weighted by atomic mass is 32.2. The first-order valence-electron chi connectivity index (χ1n) is 9.30. The monoisotopic (exact) mass is 440 g/mol. The van der Waals surface area contributed by atoms with Crippen LogP contribution in [0.3, 0.4) is 0 Å². The molecule has 1 aromatic heterocycles. The van der Waals surface area contributed by atoms with Crippen molar-refractivity contribution in [3.63, 3.8) is 0 Å². The van der Waals surface area contributed by atoms with E-state index in [9.17, 15) is 14.4 Å². The second-order valence-electron chi connectivity index (χ2n) is 6.23. The molecule has 0 aliphatic carbocycles. The molecule has 2 N–H and O–H groups in total. The first-order valence-corrected chi connectivity index (χ1v) is 10.3. The Hall–Kier alpha value is -3.73. The van der Waals surface area contributed by atoms with Crippen LogP contribution in [0.1, 0.15) is 23.7 Å². The summed E-state index contributed by atoms with van der Waals surface area (Å²) in [4.78, 5) is 35.4. The first-order chi connectivity index (χ1) is 15.0. The van der Waals surface area contributed by atoms with Gasteiger partial charge in [0.05, 0.1) is 24.1 Å². The Morgan fingerprint density at radius 2 is 1.71 bits per heavy atom. The minimum Gasteiger partial charge on any atom is -0.465 e. The number of hydrogen-bond donors (Lipinski definition) is 2. The Balaban J connectivity index is 1.61. The van der Waals surface area contributed by atoms with E-state index in [1.165, 1.54) is 11.8 Å². The van der Waals surface area contributed by atoms with Crippen molar-refractivity contribution in [3.8, 4) is 5.69 Å². The molecule has 0 spiro atoms. The van der Waals surface area contributed by atoms with Crippen molar-refractivity contribution in [3.05, 3.63) is 54.1 Å². The Morgan fingerprint density at radius 3 is 2.35 bits per heavy atom. The number of carbonyl (C=O) groups excluding carboxylic acids is 3. The van der Waals surface area contributed by atoms with E-state index in [0.29, 0.717) is 34.2 Å². The zero-order valence-electron chi connectivity index (χ0n) is 16.9. The van der Waals surface area contributed by atoms with Gasteiger partial charge >= 0.3 is 5.97 Å². The van der Waals surface area contributed by atoms with Gasteiger partial charge in [0, 0.05) is 17.8 Å². The molecule has 0 unspecified atom stereocenters. The van der Waals surface area contributed by atoms with E-state index >= 15 is 0 Å². The highest BCUT2D eigenvalue weighted by molar-refractivity contribution is 7.99. The number of hydrogen-bond acceptors (Lipinski definition) is 8. The van der Waals surface area contributed by atoms with Gasteiger partial charge in [-0.15, -0.1) is 5.10 Å². The molecule has 10 nitrogen and oxygen atoms in total. The van der Waals surface area contributed by atoms with E-state index in [4.69, 9.17) is 0 Å². The van der Waals surface area contributed by atoms with Crippen molar-refractivity contribution in [1.29, 1.82) is 0 Å². The topological polar surface area (TPSA) is 128 Å². The second-order valence-corrected chi connectivity index (χ2v) is 7.17. The number of thioether (sulfide) groups is 1. The summed E-state index contributed by atoms with van der Waals surface area (Å²) in [6.45, 7) is 1.76. The van der Waals surface area contributed by atoms with Gasteiger partial charge < -0.3 is 15.4 Å². The second kappa shape index (κ2) is 10.3. The third-order valence-corrected chi connectivity index (χ3v) is 4.98. The van der Waals surface area contributed by atoms with Crippen molar-refractivity contribution in [1.82, 2.24) is 20.2 Å². The molecule has 0 radical (unpaired) electrons. The summed E-state index contributed by atoms with van der Waals surface area (Å²) in [5.41, 5.74) is 2.22. The fraction of sp³-hybridized carbons (Fsp3) is 0.200. The summed E-state index contributed by atoms with van der Waals surface area (Å²) >= 11 is 1.16. The van der Waals surface area contributed by atoms with E-state index < -0.39 is 5.97 Å². The molecule has 2 amide bonds. The Labute approximate surface area is 182 Å². The lowest BCUT2D eigenvalue weighted by Crippen LogP contribution is -2.15. The maximum absolute atomic E-state index is 12.3. The number of ether oxygens (including phenoxy) is 1. The van der Waals surface area contributed by atoms with Crippen LogP contribution in [-0.4, -0.2) is 50.9 Å². The molecule has 3 rings (SSSR count). The third-order valence-electron chi connectivity index (χ3n) is 4.06. The quantitative estimate of drug-likeness (QED) is 0.404. The van der Waals surface area contributed by atoms with E-state index in [1.807, 2.05) is 0 Å². The fourth-order valence-corrected chi connectivity index (χ4v) is 3.23. The van der Waals surface area contributed by atoms with Crippen LogP contribution < -0.4 is 10.6 Å². The average Bonchev–Trinajstić information content (AvgIpc) is 3.26. The molecule has 160 valence electrons. The number of amides is 2. The standard InChI is InChI=1S/C20H20N6O4S/c1-3-17(27)21-14-5-4-6-15(11-14)22-18(28)12-31-20-23-24-25-26(20)16-9-7-13(8-10-16)19(29)30-2/h4-11H,3,12H2,1-2H3,(H,21,27)(H,22,28). The SMILES string of the molecule is CCC(=O)Nc1cccc(NC(=O)CSc2nnnn2-c2ccc(C(=O)OC)cc2)c1.